The normalized spacial score (nSPS) is 14.7. The average molecular weight is 332 g/mol. The topological polar surface area (TPSA) is 57.8 Å². The number of hydrogen-bond acceptors (Lipinski definition) is 2. The van der Waals surface area contributed by atoms with Crippen LogP contribution in [-0.4, -0.2) is 16.1 Å². The monoisotopic (exact) mass is 331 g/mol. The highest BCUT2D eigenvalue weighted by molar-refractivity contribution is 6.30. The molecule has 2 N–H and O–H groups in total. The first-order chi connectivity index (χ1) is 11.1. The van der Waals surface area contributed by atoms with Crippen molar-refractivity contribution < 1.29 is 4.79 Å². The van der Waals surface area contributed by atoms with Crippen molar-refractivity contribution in [2.24, 2.45) is 0 Å². The first kappa shape index (κ1) is 16.1. The summed E-state index contributed by atoms with van der Waals surface area (Å²) in [7, 11) is 0. The molecule has 3 rings (SSSR count). The number of amides is 1. The van der Waals surface area contributed by atoms with E-state index in [1.165, 1.54) is 12.8 Å². The van der Waals surface area contributed by atoms with Crippen LogP contribution in [0.5, 0.6) is 0 Å². The lowest BCUT2D eigenvalue weighted by molar-refractivity contribution is 0.0884. The molecule has 4 nitrogen and oxygen atoms in total. The fourth-order valence-electron chi connectivity index (χ4n) is 3.01. The van der Waals surface area contributed by atoms with Gasteiger partial charge in [-0.1, -0.05) is 37.6 Å². The predicted molar refractivity (Wildman–Crippen MR) is 91.7 cm³/mol. The summed E-state index contributed by atoms with van der Waals surface area (Å²) in [5, 5.41) is 11.1. The van der Waals surface area contributed by atoms with Crippen LogP contribution in [0.25, 0.3) is 0 Å². The van der Waals surface area contributed by atoms with Gasteiger partial charge < -0.3 is 5.32 Å². The summed E-state index contributed by atoms with van der Waals surface area (Å²) in [6.45, 7) is 4.16. The fraction of sp³-hybridized carbons (Fsp3) is 0.444. The fourth-order valence-corrected chi connectivity index (χ4v) is 3.14. The maximum absolute atomic E-state index is 12.7. The Morgan fingerprint density at radius 1 is 1.30 bits per heavy atom. The van der Waals surface area contributed by atoms with Gasteiger partial charge in [0.2, 0.25) is 0 Å². The van der Waals surface area contributed by atoms with Crippen LogP contribution in [0.1, 0.15) is 67.2 Å². The number of nitrogens with one attached hydrogen (secondary N) is 2. The number of aromatic amines is 1. The zero-order valence-corrected chi connectivity index (χ0v) is 14.3. The van der Waals surface area contributed by atoms with Gasteiger partial charge in [0.25, 0.3) is 5.91 Å². The predicted octanol–water partition coefficient (Wildman–Crippen LogP) is 4.39. The largest absolute Gasteiger partial charge is 0.341 e. The van der Waals surface area contributed by atoms with Gasteiger partial charge in [-0.25, -0.2) is 0 Å². The summed E-state index contributed by atoms with van der Waals surface area (Å²) in [4.78, 5) is 12.7. The van der Waals surface area contributed by atoms with Gasteiger partial charge in [-0.3, -0.25) is 9.89 Å². The van der Waals surface area contributed by atoms with Gasteiger partial charge in [0.15, 0.2) is 0 Å². The molecule has 0 bridgehead atoms. The first-order valence-corrected chi connectivity index (χ1v) is 8.59. The van der Waals surface area contributed by atoms with Crippen LogP contribution >= 0.6 is 11.6 Å². The van der Waals surface area contributed by atoms with Crippen molar-refractivity contribution in [1.29, 1.82) is 0 Å². The van der Waals surface area contributed by atoms with Crippen molar-refractivity contribution in [2.45, 2.75) is 51.0 Å². The maximum Gasteiger partial charge on any atom is 0.272 e. The van der Waals surface area contributed by atoms with Gasteiger partial charge in [0, 0.05) is 16.6 Å². The molecule has 0 unspecified atom stereocenters. The summed E-state index contributed by atoms with van der Waals surface area (Å²) >= 11 is 5.99. The van der Waals surface area contributed by atoms with Gasteiger partial charge in [-0.05, 0) is 49.4 Å². The molecule has 2 aromatic rings. The van der Waals surface area contributed by atoms with Crippen LogP contribution in [0.4, 0.5) is 0 Å². The first-order valence-electron chi connectivity index (χ1n) is 8.22. The second-order valence-electron chi connectivity index (χ2n) is 6.23. The molecule has 1 saturated carbocycles. The van der Waals surface area contributed by atoms with Crippen molar-refractivity contribution in [1.82, 2.24) is 15.5 Å². The third-order valence-corrected chi connectivity index (χ3v) is 5.06. The summed E-state index contributed by atoms with van der Waals surface area (Å²) in [5.74, 6) is 0.425. The minimum Gasteiger partial charge on any atom is -0.341 e. The molecule has 1 aromatic heterocycles. The SMILES string of the molecule is CCC(CC)(NC(=O)c1cc(C2CC2)[nH]n1)c1ccc(Cl)cc1. The highest BCUT2D eigenvalue weighted by Crippen LogP contribution is 2.39. The Morgan fingerprint density at radius 2 is 1.96 bits per heavy atom. The molecule has 122 valence electrons. The summed E-state index contributed by atoms with van der Waals surface area (Å²) in [6, 6.07) is 9.57. The van der Waals surface area contributed by atoms with E-state index in [1.807, 2.05) is 30.3 Å². The van der Waals surface area contributed by atoms with Crippen molar-refractivity contribution >= 4 is 17.5 Å². The number of carbonyl (C=O) groups is 1. The second kappa shape index (κ2) is 6.36. The zero-order valence-electron chi connectivity index (χ0n) is 13.5. The molecule has 0 spiro atoms. The van der Waals surface area contributed by atoms with E-state index in [0.29, 0.717) is 16.6 Å². The Hall–Kier alpha value is -1.81. The number of carbonyl (C=O) groups excluding carboxylic acids is 1. The number of aromatic nitrogens is 2. The molecule has 1 aromatic carbocycles. The van der Waals surface area contributed by atoms with E-state index in [1.54, 1.807) is 0 Å². The Labute approximate surface area is 141 Å². The number of H-pyrrole nitrogens is 1. The minimum absolute atomic E-state index is 0.133. The van der Waals surface area contributed by atoms with E-state index in [-0.39, 0.29) is 5.91 Å². The Kier molecular flexibility index (Phi) is 4.44. The third-order valence-electron chi connectivity index (χ3n) is 4.80. The van der Waals surface area contributed by atoms with Crippen molar-refractivity contribution in [3.05, 3.63) is 52.3 Å². The highest BCUT2D eigenvalue weighted by Gasteiger charge is 2.32. The van der Waals surface area contributed by atoms with Gasteiger partial charge in [0.05, 0.1) is 5.54 Å². The molecule has 1 aliphatic carbocycles. The summed E-state index contributed by atoms with van der Waals surface area (Å²) in [5.41, 5.74) is 2.20. The molecule has 1 heterocycles. The average Bonchev–Trinajstić information content (AvgIpc) is 3.30. The van der Waals surface area contributed by atoms with Gasteiger partial charge >= 0.3 is 0 Å². The number of rotatable bonds is 6. The molecule has 0 atom stereocenters. The quantitative estimate of drug-likeness (QED) is 0.825. The summed E-state index contributed by atoms with van der Waals surface area (Å²) < 4.78 is 0. The van der Waals surface area contributed by atoms with Gasteiger partial charge in [-0.2, -0.15) is 5.10 Å². The van der Waals surface area contributed by atoms with Gasteiger partial charge in [-0.15, -0.1) is 0 Å². The molecule has 23 heavy (non-hydrogen) atoms. The Morgan fingerprint density at radius 3 is 2.52 bits per heavy atom. The molecule has 1 fully saturated rings. The van der Waals surface area contributed by atoms with E-state index in [9.17, 15) is 4.79 Å². The second-order valence-corrected chi connectivity index (χ2v) is 6.67. The standard InChI is InChI=1S/C18H22ClN3O/c1-3-18(4-2,13-7-9-14(19)10-8-13)20-17(23)16-11-15(21-22-16)12-5-6-12/h7-12H,3-6H2,1-2H3,(H,20,23)(H,21,22). The van der Waals surface area contributed by atoms with E-state index >= 15 is 0 Å². The molecule has 0 aliphatic heterocycles. The molecule has 1 amide bonds. The number of hydrogen-bond donors (Lipinski definition) is 2. The molecule has 1 aliphatic rings. The number of halogens is 1. The van der Waals surface area contributed by atoms with Crippen LogP contribution in [0.2, 0.25) is 5.02 Å². The Bertz CT molecular complexity index is 685. The van der Waals surface area contributed by atoms with Crippen molar-refractivity contribution in [3.8, 4) is 0 Å². The lowest BCUT2D eigenvalue weighted by atomic mass is 9.84. The van der Waals surface area contributed by atoms with Crippen LogP contribution < -0.4 is 5.32 Å². The lowest BCUT2D eigenvalue weighted by Gasteiger charge is -2.33. The van der Waals surface area contributed by atoms with Crippen molar-refractivity contribution in [3.63, 3.8) is 0 Å². The van der Waals surface area contributed by atoms with Crippen LogP contribution in [-0.2, 0) is 5.54 Å². The molecule has 5 heteroatoms. The third kappa shape index (κ3) is 3.27. The smallest absolute Gasteiger partial charge is 0.272 e. The minimum atomic E-state index is -0.402. The molecular formula is C18H22ClN3O. The van der Waals surface area contributed by atoms with Crippen LogP contribution in [0.3, 0.4) is 0 Å². The van der Waals surface area contributed by atoms with Crippen LogP contribution in [0.15, 0.2) is 30.3 Å². The summed E-state index contributed by atoms with van der Waals surface area (Å²) in [6.07, 6.45) is 3.97. The van der Waals surface area contributed by atoms with Gasteiger partial charge in [0.1, 0.15) is 5.69 Å². The Balaban J connectivity index is 1.82. The zero-order chi connectivity index (χ0) is 16.4. The maximum atomic E-state index is 12.7. The highest BCUT2D eigenvalue weighted by atomic mass is 35.5. The van der Waals surface area contributed by atoms with E-state index < -0.39 is 5.54 Å². The van der Waals surface area contributed by atoms with E-state index in [4.69, 9.17) is 11.6 Å². The van der Waals surface area contributed by atoms with E-state index in [2.05, 4.69) is 29.4 Å². The lowest BCUT2D eigenvalue weighted by Crippen LogP contribution is -2.45. The molecule has 0 radical (unpaired) electrons. The molecular weight excluding hydrogens is 310 g/mol. The van der Waals surface area contributed by atoms with Crippen LogP contribution in [0, 0.1) is 0 Å². The van der Waals surface area contributed by atoms with Crippen molar-refractivity contribution in [2.75, 3.05) is 0 Å². The number of nitrogens with zero attached hydrogens (tertiary/aromatic N) is 1. The number of benzene rings is 1. The molecule has 0 saturated heterocycles. The van der Waals surface area contributed by atoms with E-state index in [0.717, 1.165) is 24.1 Å².